The van der Waals surface area contributed by atoms with Gasteiger partial charge >= 0.3 is 0 Å². The Morgan fingerprint density at radius 2 is 2.25 bits per heavy atom. The van der Waals surface area contributed by atoms with Crippen LogP contribution in [0.1, 0.15) is 5.56 Å². The SMILES string of the molecule is CS(=O)(=O)n1cc(CC2=NCCN2)c2ccc(Br)cc21. The maximum Gasteiger partial charge on any atom is 0.236 e. The van der Waals surface area contributed by atoms with Crippen molar-refractivity contribution in [2.75, 3.05) is 19.3 Å². The van der Waals surface area contributed by atoms with Gasteiger partial charge in [0.2, 0.25) is 10.0 Å². The maximum absolute atomic E-state index is 11.9. The van der Waals surface area contributed by atoms with Crippen LogP contribution in [0.3, 0.4) is 0 Å². The third kappa shape index (κ3) is 2.47. The summed E-state index contributed by atoms with van der Waals surface area (Å²) in [5.74, 6) is 0.917. The molecule has 1 aromatic carbocycles. The molecule has 1 N–H and O–H groups in total. The maximum atomic E-state index is 11.9. The number of amidine groups is 1. The Balaban J connectivity index is 2.17. The van der Waals surface area contributed by atoms with Crippen molar-refractivity contribution >= 4 is 42.7 Å². The Kier molecular flexibility index (Phi) is 3.33. The predicted molar refractivity (Wildman–Crippen MR) is 83.9 cm³/mol. The van der Waals surface area contributed by atoms with Crippen molar-refractivity contribution in [1.29, 1.82) is 0 Å². The molecule has 0 fully saturated rings. The summed E-state index contributed by atoms with van der Waals surface area (Å²) < 4.78 is 26.0. The number of hydrogen-bond donors (Lipinski definition) is 1. The van der Waals surface area contributed by atoms with Crippen LogP contribution in [0.2, 0.25) is 0 Å². The summed E-state index contributed by atoms with van der Waals surface area (Å²) in [7, 11) is -3.32. The molecular weight excluding hydrogens is 342 g/mol. The first-order valence-electron chi connectivity index (χ1n) is 6.22. The van der Waals surface area contributed by atoms with E-state index < -0.39 is 10.0 Å². The van der Waals surface area contributed by atoms with Crippen LogP contribution in [0.15, 0.2) is 33.9 Å². The molecule has 5 nitrogen and oxygen atoms in total. The Morgan fingerprint density at radius 1 is 1.45 bits per heavy atom. The van der Waals surface area contributed by atoms with E-state index in [1.165, 1.54) is 10.2 Å². The first-order chi connectivity index (χ1) is 9.45. The van der Waals surface area contributed by atoms with Gasteiger partial charge in [-0.3, -0.25) is 4.99 Å². The van der Waals surface area contributed by atoms with Crippen LogP contribution in [0.25, 0.3) is 10.9 Å². The molecule has 0 unspecified atom stereocenters. The number of nitrogens with one attached hydrogen (secondary N) is 1. The second-order valence-electron chi connectivity index (χ2n) is 4.81. The van der Waals surface area contributed by atoms with Gasteiger partial charge in [0.25, 0.3) is 0 Å². The van der Waals surface area contributed by atoms with E-state index in [0.29, 0.717) is 11.9 Å². The minimum absolute atomic E-state index is 0.626. The van der Waals surface area contributed by atoms with E-state index in [0.717, 1.165) is 34.3 Å². The molecule has 0 aliphatic carbocycles. The first kappa shape index (κ1) is 13.6. The van der Waals surface area contributed by atoms with Crippen LogP contribution in [-0.2, 0) is 16.4 Å². The van der Waals surface area contributed by atoms with Crippen LogP contribution in [0, 0.1) is 0 Å². The van der Waals surface area contributed by atoms with Crippen LogP contribution >= 0.6 is 15.9 Å². The first-order valence-corrected chi connectivity index (χ1v) is 8.86. The largest absolute Gasteiger partial charge is 0.372 e. The molecular formula is C13H14BrN3O2S. The van der Waals surface area contributed by atoms with Gasteiger partial charge in [0.15, 0.2) is 0 Å². The van der Waals surface area contributed by atoms with Gasteiger partial charge in [-0.2, -0.15) is 0 Å². The zero-order valence-corrected chi connectivity index (χ0v) is 13.3. The fourth-order valence-corrected chi connectivity index (χ4v) is 3.58. The molecule has 2 aromatic rings. The zero-order chi connectivity index (χ0) is 14.3. The van der Waals surface area contributed by atoms with Crippen molar-refractivity contribution in [3.63, 3.8) is 0 Å². The molecule has 1 aliphatic rings. The molecule has 0 bridgehead atoms. The van der Waals surface area contributed by atoms with Gasteiger partial charge in [-0.25, -0.2) is 12.4 Å². The molecule has 1 aliphatic heterocycles. The third-order valence-corrected chi connectivity index (χ3v) is 4.78. The molecule has 2 heterocycles. The molecule has 0 radical (unpaired) electrons. The van der Waals surface area contributed by atoms with E-state index in [9.17, 15) is 8.42 Å². The average Bonchev–Trinajstić information content (AvgIpc) is 2.97. The normalized spacial score (nSPS) is 15.4. The van der Waals surface area contributed by atoms with Crippen molar-refractivity contribution in [2.45, 2.75) is 6.42 Å². The lowest BCUT2D eigenvalue weighted by atomic mass is 10.1. The van der Waals surface area contributed by atoms with Crippen molar-refractivity contribution in [3.05, 3.63) is 34.4 Å². The van der Waals surface area contributed by atoms with Gasteiger partial charge in [-0.05, 0) is 17.7 Å². The van der Waals surface area contributed by atoms with Crippen molar-refractivity contribution < 1.29 is 8.42 Å². The summed E-state index contributed by atoms with van der Waals surface area (Å²) in [6, 6.07) is 5.68. The summed E-state index contributed by atoms with van der Waals surface area (Å²) in [5.41, 5.74) is 1.65. The quantitative estimate of drug-likeness (QED) is 0.912. The molecule has 0 atom stereocenters. The number of benzene rings is 1. The van der Waals surface area contributed by atoms with Gasteiger partial charge in [0.1, 0.15) is 5.84 Å². The lowest BCUT2D eigenvalue weighted by molar-refractivity contribution is 0.595. The van der Waals surface area contributed by atoms with Crippen LogP contribution in [0.5, 0.6) is 0 Å². The molecule has 0 saturated carbocycles. The highest BCUT2D eigenvalue weighted by atomic mass is 79.9. The molecule has 106 valence electrons. The Morgan fingerprint density at radius 3 is 2.90 bits per heavy atom. The second-order valence-corrected chi connectivity index (χ2v) is 7.58. The lowest BCUT2D eigenvalue weighted by Gasteiger charge is -2.01. The van der Waals surface area contributed by atoms with Gasteiger partial charge in [-0.15, -0.1) is 0 Å². The number of rotatable bonds is 3. The number of aliphatic imine (C=N–C) groups is 1. The van der Waals surface area contributed by atoms with Gasteiger partial charge in [0.05, 0.1) is 18.3 Å². The number of halogens is 1. The molecule has 0 amide bonds. The standard InChI is InChI=1S/C13H14BrN3O2S/c1-20(18,19)17-8-9(6-13-15-4-5-16-13)11-3-2-10(14)7-12(11)17/h2-3,7-8H,4-6H2,1H3,(H,15,16). The minimum Gasteiger partial charge on any atom is -0.372 e. The summed E-state index contributed by atoms with van der Waals surface area (Å²) in [4.78, 5) is 4.36. The van der Waals surface area contributed by atoms with Crippen molar-refractivity contribution in [3.8, 4) is 0 Å². The monoisotopic (exact) mass is 355 g/mol. The zero-order valence-electron chi connectivity index (χ0n) is 10.9. The van der Waals surface area contributed by atoms with E-state index in [1.54, 1.807) is 6.20 Å². The Labute approximate surface area is 125 Å². The predicted octanol–water partition coefficient (Wildman–Crippen LogP) is 1.76. The number of hydrogen-bond acceptors (Lipinski definition) is 4. The average molecular weight is 356 g/mol. The topological polar surface area (TPSA) is 63.5 Å². The smallest absolute Gasteiger partial charge is 0.236 e. The van der Waals surface area contributed by atoms with Crippen molar-refractivity contribution in [2.24, 2.45) is 4.99 Å². The van der Waals surface area contributed by atoms with Crippen LogP contribution in [0.4, 0.5) is 0 Å². The molecule has 7 heteroatoms. The summed E-state index contributed by atoms with van der Waals surface area (Å²) >= 11 is 3.39. The molecule has 3 rings (SSSR count). The lowest BCUT2D eigenvalue weighted by Crippen LogP contribution is -2.20. The fraction of sp³-hybridized carbons (Fsp3) is 0.308. The fourth-order valence-electron chi connectivity index (χ4n) is 2.40. The highest BCUT2D eigenvalue weighted by Crippen LogP contribution is 2.26. The second kappa shape index (κ2) is 4.89. The number of nitrogens with zero attached hydrogens (tertiary/aromatic N) is 2. The van der Waals surface area contributed by atoms with Gasteiger partial charge in [0, 0.05) is 29.0 Å². The third-order valence-electron chi connectivity index (χ3n) is 3.27. The van der Waals surface area contributed by atoms with E-state index >= 15 is 0 Å². The van der Waals surface area contributed by atoms with E-state index in [2.05, 4.69) is 26.2 Å². The van der Waals surface area contributed by atoms with Crippen LogP contribution in [-0.4, -0.2) is 37.6 Å². The summed E-state index contributed by atoms with van der Waals surface area (Å²) in [6.07, 6.45) is 3.53. The van der Waals surface area contributed by atoms with E-state index in [4.69, 9.17) is 0 Å². The Hall–Kier alpha value is -1.34. The van der Waals surface area contributed by atoms with E-state index in [-0.39, 0.29) is 0 Å². The minimum atomic E-state index is -3.32. The molecule has 20 heavy (non-hydrogen) atoms. The highest BCUT2D eigenvalue weighted by molar-refractivity contribution is 9.10. The summed E-state index contributed by atoms with van der Waals surface area (Å²) in [6.45, 7) is 1.64. The number of fused-ring (bicyclic) bond motifs is 1. The molecule has 0 saturated heterocycles. The van der Waals surface area contributed by atoms with Crippen LogP contribution < -0.4 is 5.32 Å². The molecule has 0 spiro atoms. The number of aromatic nitrogens is 1. The van der Waals surface area contributed by atoms with Crippen molar-refractivity contribution in [1.82, 2.24) is 9.29 Å². The van der Waals surface area contributed by atoms with Gasteiger partial charge < -0.3 is 5.32 Å². The Bertz CT molecular complexity index is 808. The summed E-state index contributed by atoms with van der Waals surface area (Å²) in [5, 5.41) is 4.15. The molecule has 1 aromatic heterocycles. The highest BCUT2D eigenvalue weighted by Gasteiger charge is 2.17. The van der Waals surface area contributed by atoms with Gasteiger partial charge in [-0.1, -0.05) is 22.0 Å². The van der Waals surface area contributed by atoms with E-state index in [1.807, 2.05) is 18.2 Å².